The summed E-state index contributed by atoms with van der Waals surface area (Å²) in [6.45, 7) is 5.70. The van der Waals surface area contributed by atoms with Gasteiger partial charge >= 0.3 is 0 Å². The molecule has 1 aliphatic rings. The van der Waals surface area contributed by atoms with Crippen molar-refractivity contribution in [1.29, 1.82) is 0 Å². The first-order chi connectivity index (χ1) is 18.0. The van der Waals surface area contributed by atoms with E-state index in [1.54, 1.807) is 19.3 Å². The second-order valence-electron chi connectivity index (χ2n) is 9.40. The number of anilines is 1. The van der Waals surface area contributed by atoms with Crippen LogP contribution in [-0.4, -0.2) is 50.6 Å². The fraction of sp³-hybridized carbons (Fsp3) is 0.310. The summed E-state index contributed by atoms with van der Waals surface area (Å²) in [5, 5.41) is 12.2. The van der Waals surface area contributed by atoms with Crippen molar-refractivity contribution in [1.82, 2.24) is 25.0 Å². The van der Waals surface area contributed by atoms with E-state index < -0.39 is 0 Å². The molecule has 0 unspecified atom stereocenters. The van der Waals surface area contributed by atoms with Gasteiger partial charge in [0.1, 0.15) is 0 Å². The molecule has 4 aromatic rings. The first-order valence-electron chi connectivity index (χ1n) is 12.8. The van der Waals surface area contributed by atoms with Gasteiger partial charge < -0.3 is 15.5 Å². The average molecular weight is 497 g/mol. The van der Waals surface area contributed by atoms with Crippen LogP contribution in [0.1, 0.15) is 54.2 Å². The van der Waals surface area contributed by atoms with Gasteiger partial charge in [0.15, 0.2) is 5.65 Å². The molecule has 0 atom stereocenters. The largest absolute Gasteiger partial charge is 0.381 e. The molecular weight excluding hydrogens is 464 g/mol. The van der Waals surface area contributed by atoms with Crippen LogP contribution in [0.2, 0.25) is 0 Å². The number of hydrogen-bond donors (Lipinski definition) is 2. The van der Waals surface area contributed by atoms with Crippen LogP contribution in [0.4, 0.5) is 5.69 Å². The van der Waals surface area contributed by atoms with Crippen LogP contribution in [0, 0.1) is 0 Å². The lowest BCUT2D eigenvalue weighted by Crippen LogP contribution is -2.41. The summed E-state index contributed by atoms with van der Waals surface area (Å²) < 4.78 is 1.83. The second kappa shape index (κ2) is 10.8. The SMILES string of the molecule is CCn1ncc2c(NC3CCN(C(C)=O)CC3)c(C(=O)NC(c3ccccc3)c3ccccc3)cnc21. The van der Waals surface area contributed by atoms with Gasteiger partial charge in [-0.3, -0.25) is 9.59 Å². The Bertz CT molecular complexity index is 1340. The number of fused-ring (bicyclic) bond motifs is 1. The van der Waals surface area contributed by atoms with Crippen LogP contribution >= 0.6 is 0 Å². The summed E-state index contributed by atoms with van der Waals surface area (Å²) in [6, 6.07) is 19.8. The third kappa shape index (κ3) is 5.18. The van der Waals surface area contributed by atoms with Gasteiger partial charge in [-0.25, -0.2) is 9.67 Å². The van der Waals surface area contributed by atoms with Crippen molar-refractivity contribution in [2.24, 2.45) is 0 Å². The smallest absolute Gasteiger partial charge is 0.255 e. The Kier molecular flexibility index (Phi) is 7.16. The Hall–Kier alpha value is -4.20. The first-order valence-corrected chi connectivity index (χ1v) is 12.8. The maximum atomic E-state index is 13.9. The number of hydrogen-bond acceptors (Lipinski definition) is 5. The molecule has 0 aliphatic carbocycles. The van der Waals surface area contributed by atoms with Gasteiger partial charge in [-0.05, 0) is 30.9 Å². The molecule has 1 fully saturated rings. The lowest BCUT2D eigenvalue weighted by atomic mass is 9.98. The summed E-state index contributed by atoms with van der Waals surface area (Å²) in [7, 11) is 0. The molecule has 0 saturated carbocycles. The number of rotatable bonds is 7. The van der Waals surface area contributed by atoms with E-state index in [1.165, 1.54) is 0 Å². The van der Waals surface area contributed by atoms with Gasteiger partial charge in [-0.1, -0.05) is 60.7 Å². The van der Waals surface area contributed by atoms with Crippen molar-refractivity contribution in [3.8, 4) is 0 Å². The molecule has 5 rings (SSSR count). The van der Waals surface area contributed by atoms with Crippen LogP contribution in [0.3, 0.4) is 0 Å². The summed E-state index contributed by atoms with van der Waals surface area (Å²) in [4.78, 5) is 32.1. The molecule has 0 bridgehead atoms. The summed E-state index contributed by atoms with van der Waals surface area (Å²) in [5.41, 5.74) is 3.96. The lowest BCUT2D eigenvalue weighted by Gasteiger charge is -2.32. The molecule has 2 amide bonds. The van der Waals surface area contributed by atoms with Crippen molar-refractivity contribution in [3.63, 3.8) is 0 Å². The minimum atomic E-state index is -0.310. The van der Waals surface area contributed by atoms with E-state index in [1.807, 2.05) is 77.2 Å². The first kappa shape index (κ1) is 24.5. The molecule has 190 valence electrons. The Labute approximate surface area is 216 Å². The van der Waals surface area contributed by atoms with E-state index in [-0.39, 0.29) is 23.9 Å². The van der Waals surface area contributed by atoms with Crippen LogP contribution in [0.15, 0.2) is 73.1 Å². The molecule has 2 aromatic carbocycles. The number of aromatic nitrogens is 3. The van der Waals surface area contributed by atoms with Crippen LogP contribution in [-0.2, 0) is 11.3 Å². The Balaban J connectivity index is 1.49. The highest BCUT2D eigenvalue weighted by Gasteiger charge is 2.26. The van der Waals surface area contributed by atoms with E-state index >= 15 is 0 Å². The third-order valence-electron chi connectivity index (χ3n) is 7.04. The molecule has 2 N–H and O–H groups in total. The Morgan fingerprint density at radius 3 is 2.16 bits per heavy atom. The second-order valence-corrected chi connectivity index (χ2v) is 9.40. The van der Waals surface area contributed by atoms with Gasteiger partial charge in [-0.15, -0.1) is 0 Å². The van der Waals surface area contributed by atoms with Gasteiger partial charge in [0.05, 0.1) is 28.9 Å². The molecule has 2 aromatic heterocycles. The minimum Gasteiger partial charge on any atom is -0.381 e. The number of carbonyl (C=O) groups excluding carboxylic acids is 2. The molecule has 8 nitrogen and oxygen atoms in total. The lowest BCUT2D eigenvalue weighted by molar-refractivity contribution is -0.129. The van der Waals surface area contributed by atoms with Crippen molar-refractivity contribution in [3.05, 3.63) is 89.7 Å². The summed E-state index contributed by atoms with van der Waals surface area (Å²) >= 11 is 0. The molecule has 8 heteroatoms. The fourth-order valence-corrected chi connectivity index (χ4v) is 4.99. The summed E-state index contributed by atoms with van der Waals surface area (Å²) in [6.07, 6.45) is 5.04. The maximum absolute atomic E-state index is 13.9. The fourth-order valence-electron chi connectivity index (χ4n) is 4.99. The quantitative estimate of drug-likeness (QED) is 0.396. The highest BCUT2D eigenvalue weighted by Crippen LogP contribution is 2.30. The van der Waals surface area contributed by atoms with Gasteiger partial charge in [0, 0.05) is 38.8 Å². The average Bonchev–Trinajstić information content (AvgIpc) is 3.37. The molecule has 0 radical (unpaired) electrons. The van der Waals surface area contributed by atoms with Crippen LogP contribution in [0.25, 0.3) is 11.0 Å². The Morgan fingerprint density at radius 2 is 1.59 bits per heavy atom. The number of nitrogens with zero attached hydrogens (tertiary/aromatic N) is 4. The minimum absolute atomic E-state index is 0.0990. The van der Waals surface area contributed by atoms with Crippen molar-refractivity contribution in [2.75, 3.05) is 18.4 Å². The molecule has 3 heterocycles. The van der Waals surface area contributed by atoms with E-state index in [0.717, 1.165) is 40.7 Å². The van der Waals surface area contributed by atoms with E-state index in [2.05, 4.69) is 20.7 Å². The number of amides is 2. The molecule has 0 spiro atoms. The molecule has 1 saturated heterocycles. The van der Waals surface area contributed by atoms with E-state index in [4.69, 9.17) is 0 Å². The number of aryl methyl sites for hydroxylation is 1. The van der Waals surface area contributed by atoms with Crippen molar-refractivity contribution >= 4 is 28.5 Å². The van der Waals surface area contributed by atoms with Gasteiger partial charge in [0.25, 0.3) is 5.91 Å². The highest BCUT2D eigenvalue weighted by atomic mass is 16.2. The van der Waals surface area contributed by atoms with E-state index in [0.29, 0.717) is 25.2 Å². The molecule has 37 heavy (non-hydrogen) atoms. The Morgan fingerprint density at radius 1 is 0.973 bits per heavy atom. The predicted octanol–water partition coefficient (Wildman–Crippen LogP) is 4.39. The number of likely N-dealkylation sites (tertiary alicyclic amines) is 1. The van der Waals surface area contributed by atoms with Crippen molar-refractivity contribution < 1.29 is 9.59 Å². The number of benzene rings is 2. The van der Waals surface area contributed by atoms with Crippen LogP contribution in [0.5, 0.6) is 0 Å². The zero-order valence-corrected chi connectivity index (χ0v) is 21.2. The maximum Gasteiger partial charge on any atom is 0.255 e. The van der Waals surface area contributed by atoms with E-state index in [9.17, 15) is 9.59 Å². The zero-order chi connectivity index (χ0) is 25.8. The molecular formula is C29H32N6O2. The highest BCUT2D eigenvalue weighted by molar-refractivity contribution is 6.06. The van der Waals surface area contributed by atoms with Gasteiger partial charge in [0.2, 0.25) is 5.91 Å². The molecule has 1 aliphatic heterocycles. The number of nitrogens with one attached hydrogen (secondary N) is 2. The third-order valence-corrected chi connectivity index (χ3v) is 7.04. The van der Waals surface area contributed by atoms with Crippen LogP contribution < -0.4 is 10.6 Å². The number of carbonyl (C=O) groups is 2. The number of pyridine rings is 1. The standard InChI is InChI=1S/C29H32N6O2/c1-3-35-28-24(19-31-35)27(32-23-14-16-34(17-15-23)20(2)36)25(18-30-28)29(37)33-26(21-10-6-4-7-11-21)22-12-8-5-9-13-22/h4-13,18-19,23,26H,3,14-17H2,1-2H3,(H,30,32)(H,33,37). The number of piperidine rings is 1. The summed E-state index contributed by atoms with van der Waals surface area (Å²) in [5.74, 6) is -0.109. The van der Waals surface area contributed by atoms with Gasteiger partial charge in [-0.2, -0.15) is 5.10 Å². The van der Waals surface area contributed by atoms with Crippen molar-refractivity contribution in [2.45, 2.75) is 45.3 Å². The normalized spacial score (nSPS) is 14.2. The zero-order valence-electron chi connectivity index (χ0n) is 21.2. The topological polar surface area (TPSA) is 92.2 Å². The monoisotopic (exact) mass is 496 g/mol. The predicted molar refractivity (Wildman–Crippen MR) is 144 cm³/mol.